The van der Waals surface area contributed by atoms with Crippen molar-refractivity contribution in [1.29, 1.82) is 0 Å². The van der Waals surface area contributed by atoms with E-state index >= 15 is 0 Å². The van der Waals surface area contributed by atoms with Crippen LogP contribution in [0.4, 0.5) is 22.7 Å². The maximum Gasteiger partial charge on any atom is 0.301 e. The summed E-state index contributed by atoms with van der Waals surface area (Å²) in [5, 5.41) is 28.6. The molecule has 10 nitrogen and oxygen atoms in total. The van der Waals surface area contributed by atoms with Gasteiger partial charge in [0.25, 0.3) is 5.69 Å². The van der Waals surface area contributed by atoms with Crippen LogP contribution in [0.15, 0.2) is 71.4 Å². The molecule has 0 aromatic heterocycles. The number of nitrogens with one attached hydrogen (secondary N) is 2. The van der Waals surface area contributed by atoms with Gasteiger partial charge in [0.2, 0.25) is 0 Å². The molecule has 0 amide bonds. The SMILES string of the molecule is C=CC=NNc1ccccc1.O=[N+]([O-])c1ccc(NN=CCCl)c([N+](=O)[O-])c1. The Morgan fingerprint density at radius 2 is 1.75 bits per heavy atom. The van der Waals surface area contributed by atoms with Gasteiger partial charge in [-0.2, -0.15) is 10.2 Å². The van der Waals surface area contributed by atoms with Gasteiger partial charge in [-0.15, -0.1) is 11.6 Å². The Balaban J connectivity index is 0.000000307. The summed E-state index contributed by atoms with van der Waals surface area (Å²) in [6, 6.07) is 13.0. The Hall–Kier alpha value is -3.79. The number of nitro groups is 2. The molecule has 0 saturated heterocycles. The third kappa shape index (κ3) is 8.06. The van der Waals surface area contributed by atoms with E-state index in [1.54, 1.807) is 12.3 Å². The molecule has 11 heteroatoms. The highest BCUT2D eigenvalue weighted by atomic mass is 35.5. The number of nitrogens with zero attached hydrogens (tertiary/aromatic N) is 4. The van der Waals surface area contributed by atoms with E-state index in [9.17, 15) is 20.2 Å². The van der Waals surface area contributed by atoms with E-state index in [-0.39, 0.29) is 17.3 Å². The summed E-state index contributed by atoms with van der Waals surface area (Å²) in [5.41, 5.74) is 5.48. The predicted octanol–water partition coefficient (Wildman–Crippen LogP) is 4.41. The van der Waals surface area contributed by atoms with E-state index in [1.807, 2.05) is 30.3 Å². The van der Waals surface area contributed by atoms with E-state index in [2.05, 4.69) is 27.6 Å². The fourth-order valence-corrected chi connectivity index (χ4v) is 1.78. The second-order valence-electron chi connectivity index (χ2n) is 4.79. The summed E-state index contributed by atoms with van der Waals surface area (Å²) in [6.07, 6.45) is 4.52. The lowest BCUT2D eigenvalue weighted by Crippen LogP contribution is -1.98. The minimum Gasteiger partial charge on any atom is -0.279 e. The maximum absolute atomic E-state index is 10.7. The van der Waals surface area contributed by atoms with Crippen molar-refractivity contribution in [3.8, 4) is 0 Å². The van der Waals surface area contributed by atoms with Crippen LogP contribution in [0.2, 0.25) is 0 Å². The smallest absolute Gasteiger partial charge is 0.279 e. The summed E-state index contributed by atoms with van der Waals surface area (Å²) < 4.78 is 0. The Kier molecular flexibility index (Phi) is 9.97. The number of hydrogen-bond donors (Lipinski definition) is 2. The molecule has 0 fully saturated rings. The third-order valence-corrected chi connectivity index (χ3v) is 3.02. The first kappa shape index (κ1) is 22.3. The van der Waals surface area contributed by atoms with Crippen molar-refractivity contribution < 1.29 is 9.85 Å². The number of nitro benzene ring substituents is 2. The number of alkyl halides is 1. The van der Waals surface area contributed by atoms with Crippen molar-refractivity contribution in [2.75, 3.05) is 16.7 Å². The summed E-state index contributed by atoms with van der Waals surface area (Å²) in [4.78, 5) is 19.7. The van der Waals surface area contributed by atoms with E-state index in [0.717, 1.165) is 17.8 Å². The molecule has 2 rings (SSSR count). The van der Waals surface area contributed by atoms with Gasteiger partial charge in [-0.1, -0.05) is 24.8 Å². The number of rotatable bonds is 8. The maximum atomic E-state index is 10.7. The van der Waals surface area contributed by atoms with Crippen LogP contribution in [-0.4, -0.2) is 28.2 Å². The fourth-order valence-electron chi connectivity index (χ4n) is 1.71. The normalized spacial score (nSPS) is 10.2. The van der Waals surface area contributed by atoms with Gasteiger partial charge in [-0.3, -0.25) is 31.1 Å². The van der Waals surface area contributed by atoms with Crippen LogP contribution in [0.1, 0.15) is 0 Å². The lowest BCUT2D eigenvalue weighted by molar-refractivity contribution is -0.393. The first-order valence-corrected chi connectivity index (χ1v) is 8.24. The number of benzene rings is 2. The van der Waals surface area contributed by atoms with Crippen LogP contribution in [0.25, 0.3) is 0 Å². The molecule has 2 aromatic rings. The Labute approximate surface area is 165 Å². The van der Waals surface area contributed by atoms with Crippen LogP contribution in [0, 0.1) is 20.2 Å². The Morgan fingerprint density at radius 1 is 1.04 bits per heavy atom. The van der Waals surface area contributed by atoms with E-state index in [1.165, 1.54) is 12.3 Å². The molecule has 28 heavy (non-hydrogen) atoms. The van der Waals surface area contributed by atoms with Gasteiger partial charge in [0.1, 0.15) is 5.69 Å². The van der Waals surface area contributed by atoms with Gasteiger partial charge in [0.05, 0.1) is 27.5 Å². The highest BCUT2D eigenvalue weighted by Gasteiger charge is 2.18. The third-order valence-electron chi connectivity index (χ3n) is 2.88. The number of halogens is 1. The molecule has 0 aliphatic carbocycles. The van der Waals surface area contributed by atoms with Gasteiger partial charge in [-0.25, -0.2) is 0 Å². The molecule has 2 N–H and O–H groups in total. The minimum absolute atomic E-state index is 0.0574. The lowest BCUT2D eigenvalue weighted by atomic mass is 10.2. The van der Waals surface area contributed by atoms with Crippen molar-refractivity contribution in [2.45, 2.75) is 0 Å². The van der Waals surface area contributed by atoms with Crippen molar-refractivity contribution in [1.82, 2.24) is 0 Å². The molecule has 0 radical (unpaired) electrons. The monoisotopic (exact) mass is 404 g/mol. The predicted molar refractivity (Wildman–Crippen MR) is 111 cm³/mol. The summed E-state index contributed by atoms with van der Waals surface area (Å²) in [5.74, 6) is 0.147. The van der Waals surface area contributed by atoms with Gasteiger partial charge in [0.15, 0.2) is 0 Å². The Morgan fingerprint density at radius 3 is 2.32 bits per heavy atom. The summed E-state index contributed by atoms with van der Waals surface area (Å²) in [7, 11) is 0. The number of non-ortho nitro benzene ring substituents is 1. The molecule has 0 atom stereocenters. The topological polar surface area (TPSA) is 135 Å². The number of hydrazone groups is 2. The molecule has 2 aromatic carbocycles. The van der Waals surface area contributed by atoms with Gasteiger partial charge >= 0.3 is 5.69 Å². The zero-order valence-electron chi connectivity index (χ0n) is 14.6. The molecule has 0 unspecified atom stereocenters. The van der Waals surface area contributed by atoms with Gasteiger partial charge < -0.3 is 0 Å². The van der Waals surface area contributed by atoms with E-state index in [4.69, 9.17) is 11.6 Å². The van der Waals surface area contributed by atoms with Crippen molar-refractivity contribution >= 4 is 46.8 Å². The van der Waals surface area contributed by atoms with Crippen LogP contribution >= 0.6 is 11.6 Å². The van der Waals surface area contributed by atoms with E-state index in [0.29, 0.717) is 0 Å². The van der Waals surface area contributed by atoms with Crippen LogP contribution in [0.3, 0.4) is 0 Å². The zero-order chi connectivity index (χ0) is 20.8. The average molecular weight is 405 g/mol. The standard InChI is InChI=1S/C9H10N2.C8H7ClN4O4/c1-2-8-10-11-9-6-4-3-5-7-9;9-3-4-10-11-7-2-1-6(12(14)15)5-8(7)13(16)17/h2-8,11H,1H2;1-2,4-5,11H,3H2. The fraction of sp³-hybridized carbons (Fsp3) is 0.0588. The quantitative estimate of drug-likeness (QED) is 0.289. The van der Waals surface area contributed by atoms with E-state index < -0.39 is 15.5 Å². The zero-order valence-corrected chi connectivity index (χ0v) is 15.3. The number of para-hydroxylation sites is 1. The highest BCUT2D eigenvalue weighted by molar-refractivity contribution is 6.24. The highest BCUT2D eigenvalue weighted by Crippen LogP contribution is 2.28. The lowest BCUT2D eigenvalue weighted by Gasteiger charge is -2.01. The second-order valence-corrected chi connectivity index (χ2v) is 5.09. The first-order valence-electron chi connectivity index (χ1n) is 7.71. The van der Waals surface area contributed by atoms with Crippen LogP contribution in [0.5, 0.6) is 0 Å². The summed E-state index contributed by atoms with van der Waals surface area (Å²) >= 11 is 5.32. The van der Waals surface area contributed by atoms with Crippen LogP contribution < -0.4 is 10.9 Å². The molecule has 146 valence electrons. The summed E-state index contributed by atoms with van der Waals surface area (Å²) in [6.45, 7) is 3.50. The molecule has 0 heterocycles. The molecule has 0 bridgehead atoms. The van der Waals surface area contributed by atoms with Crippen molar-refractivity contribution in [3.63, 3.8) is 0 Å². The number of allylic oxidation sites excluding steroid dienone is 1. The van der Waals surface area contributed by atoms with Crippen molar-refractivity contribution in [3.05, 3.63) is 81.4 Å². The molecule has 0 aliphatic heterocycles. The van der Waals surface area contributed by atoms with Crippen molar-refractivity contribution in [2.24, 2.45) is 10.2 Å². The molecule has 0 aliphatic rings. The molecular weight excluding hydrogens is 388 g/mol. The molecule has 0 spiro atoms. The minimum atomic E-state index is -0.731. The van der Waals surface area contributed by atoms with Crippen LogP contribution in [-0.2, 0) is 0 Å². The number of anilines is 2. The second kappa shape index (κ2) is 12.5. The van der Waals surface area contributed by atoms with Gasteiger partial charge in [0, 0.05) is 18.5 Å². The molecule has 0 saturated carbocycles. The Bertz CT molecular complexity index is 858. The average Bonchev–Trinajstić information content (AvgIpc) is 2.69. The molecular formula is C17H17ClN6O4. The number of hydrogen-bond acceptors (Lipinski definition) is 8. The largest absolute Gasteiger partial charge is 0.301 e. The van der Waals surface area contributed by atoms with Gasteiger partial charge in [-0.05, 0) is 24.3 Å². The first-order chi connectivity index (χ1) is 13.5.